The van der Waals surface area contributed by atoms with E-state index in [-0.39, 0.29) is 5.57 Å². The summed E-state index contributed by atoms with van der Waals surface area (Å²) in [5.74, 6) is -1.60. The average molecular weight is 532 g/mol. The van der Waals surface area contributed by atoms with Crippen LogP contribution < -0.4 is 4.90 Å². The molecule has 5 rings (SSSR count). The number of benzene rings is 2. The summed E-state index contributed by atoms with van der Waals surface area (Å²) in [6.45, 7) is 1.76. The molecule has 1 unspecified atom stereocenters. The SMILES string of the molecule is Cc1nc(-c2ccccc2)sc1C(=O)C1=C(O)C(=O)N(c2cccc(Br)c2)C1c1ccncc1. The lowest BCUT2D eigenvalue weighted by molar-refractivity contribution is -0.117. The van der Waals surface area contributed by atoms with Gasteiger partial charge in [0.15, 0.2) is 5.76 Å². The number of pyridine rings is 1. The molecule has 8 heteroatoms. The number of halogens is 1. The summed E-state index contributed by atoms with van der Waals surface area (Å²) in [6.07, 6.45) is 3.20. The molecule has 3 heterocycles. The number of aliphatic hydroxyl groups is 1. The maximum absolute atomic E-state index is 13.8. The Bertz CT molecular complexity index is 1430. The number of hydrogen-bond acceptors (Lipinski definition) is 6. The van der Waals surface area contributed by atoms with Crippen LogP contribution in [0.25, 0.3) is 10.6 Å². The fourth-order valence-electron chi connectivity index (χ4n) is 4.02. The first-order valence-corrected chi connectivity index (χ1v) is 12.1. The van der Waals surface area contributed by atoms with Gasteiger partial charge >= 0.3 is 0 Å². The van der Waals surface area contributed by atoms with E-state index >= 15 is 0 Å². The summed E-state index contributed by atoms with van der Waals surface area (Å²) in [6, 6.07) is 19.4. The van der Waals surface area contributed by atoms with Gasteiger partial charge in [-0.25, -0.2) is 4.98 Å². The maximum Gasteiger partial charge on any atom is 0.294 e. The molecule has 0 bridgehead atoms. The van der Waals surface area contributed by atoms with Crippen molar-refractivity contribution >= 4 is 44.6 Å². The summed E-state index contributed by atoms with van der Waals surface area (Å²) in [5, 5.41) is 11.7. The molecule has 0 radical (unpaired) electrons. The molecule has 34 heavy (non-hydrogen) atoms. The maximum atomic E-state index is 13.8. The average Bonchev–Trinajstić information content (AvgIpc) is 3.37. The number of rotatable bonds is 5. The molecular formula is C26H18BrN3O3S. The molecule has 0 saturated heterocycles. The van der Waals surface area contributed by atoms with E-state index in [1.54, 1.807) is 49.6 Å². The Morgan fingerprint density at radius 3 is 2.50 bits per heavy atom. The summed E-state index contributed by atoms with van der Waals surface area (Å²) < 4.78 is 0.774. The number of Topliss-reactive ketones (excluding diaryl/α,β-unsaturated/α-hetero) is 1. The molecule has 2 aromatic carbocycles. The normalized spacial score (nSPS) is 15.8. The van der Waals surface area contributed by atoms with Crippen LogP contribution in [-0.2, 0) is 4.79 Å². The highest BCUT2D eigenvalue weighted by molar-refractivity contribution is 9.10. The van der Waals surface area contributed by atoms with Crippen LogP contribution in [0.3, 0.4) is 0 Å². The largest absolute Gasteiger partial charge is 0.503 e. The molecule has 0 fully saturated rings. The first-order chi connectivity index (χ1) is 16.5. The van der Waals surface area contributed by atoms with Crippen molar-refractivity contribution in [2.75, 3.05) is 4.90 Å². The van der Waals surface area contributed by atoms with Crippen LogP contribution >= 0.6 is 27.3 Å². The second-order valence-electron chi connectivity index (χ2n) is 7.73. The lowest BCUT2D eigenvalue weighted by Gasteiger charge is -2.27. The number of thiazole rings is 1. The molecule has 168 valence electrons. The number of amides is 1. The van der Waals surface area contributed by atoms with E-state index in [9.17, 15) is 14.7 Å². The van der Waals surface area contributed by atoms with Gasteiger partial charge in [0.2, 0.25) is 5.78 Å². The Morgan fingerprint density at radius 2 is 1.79 bits per heavy atom. The minimum Gasteiger partial charge on any atom is -0.503 e. The second-order valence-corrected chi connectivity index (χ2v) is 9.64. The molecule has 1 N–H and O–H groups in total. The van der Waals surface area contributed by atoms with Gasteiger partial charge in [-0.15, -0.1) is 11.3 Å². The molecule has 1 amide bonds. The highest BCUT2D eigenvalue weighted by atomic mass is 79.9. The Hall–Kier alpha value is -3.62. The minimum atomic E-state index is -0.807. The van der Waals surface area contributed by atoms with Gasteiger partial charge in [0.1, 0.15) is 5.01 Å². The Kier molecular flexibility index (Phi) is 5.85. The van der Waals surface area contributed by atoms with Crippen molar-refractivity contribution in [1.29, 1.82) is 0 Å². The molecule has 1 aliphatic rings. The van der Waals surface area contributed by atoms with Gasteiger partial charge < -0.3 is 5.11 Å². The third kappa shape index (κ3) is 3.85. The molecule has 0 aliphatic carbocycles. The number of hydrogen-bond donors (Lipinski definition) is 1. The van der Waals surface area contributed by atoms with E-state index in [2.05, 4.69) is 25.9 Å². The van der Waals surface area contributed by atoms with E-state index in [4.69, 9.17) is 0 Å². The van der Waals surface area contributed by atoms with Crippen molar-refractivity contribution in [3.63, 3.8) is 0 Å². The van der Waals surface area contributed by atoms with Gasteiger partial charge in [0, 0.05) is 28.1 Å². The minimum absolute atomic E-state index is 0.0301. The molecule has 2 aromatic heterocycles. The highest BCUT2D eigenvalue weighted by Crippen LogP contribution is 2.43. The molecule has 4 aromatic rings. The lowest BCUT2D eigenvalue weighted by Crippen LogP contribution is -2.31. The number of ketones is 1. The Morgan fingerprint density at radius 1 is 1.06 bits per heavy atom. The third-order valence-corrected chi connectivity index (χ3v) is 7.28. The standard InChI is InChI=1S/C26H18BrN3O3S/c1-15-24(34-25(29-15)17-6-3-2-4-7-17)22(31)20-21(16-10-12-28-13-11-16)30(26(33)23(20)32)19-9-5-8-18(27)14-19/h2-14,21,32H,1H3. The van der Waals surface area contributed by atoms with Crippen molar-refractivity contribution in [3.8, 4) is 10.6 Å². The fraction of sp³-hybridized carbons (Fsp3) is 0.0769. The lowest BCUT2D eigenvalue weighted by atomic mass is 9.95. The Balaban J connectivity index is 1.63. The highest BCUT2D eigenvalue weighted by Gasteiger charge is 2.45. The number of aliphatic hydroxyl groups excluding tert-OH is 1. The van der Waals surface area contributed by atoms with Crippen molar-refractivity contribution in [2.45, 2.75) is 13.0 Å². The smallest absolute Gasteiger partial charge is 0.294 e. The predicted octanol–water partition coefficient (Wildman–Crippen LogP) is 6.06. The summed E-state index contributed by atoms with van der Waals surface area (Å²) in [5.41, 5.74) is 2.71. The molecule has 0 spiro atoms. The van der Waals surface area contributed by atoms with Crippen molar-refractivity contribution in [2.24, 2.45) is 0 Å². The summed E-state index contributed by atoms with van der Waals surface area (Å²) in [7, 11) is 0. The van der Waals surface area contributed by atoms with E-state index in [0.29, 0.717) is 26.8 Å². The molecule has 1 aliphatic heterocycles. The van der Waals surface area contributed by atoms with Crippen molar-refractivity contribution in [3.05, 3.63) is 111 Å². The van der Waals surface area contributed by atoms with Gasteiger partial charge in [-0.1, -0.05) is 52.3 Å². The van der Waals surface area contributed by atoms with Gasteiger partial charge in [-0.2, -0.15) is 0 Å². The monoisotopic (exact) mass is 531 g/mol. The topological polar surface area (TPSA) is 83.4 Å². The first-order valence-electron chi connectivity index (χ1n) is 10.5. The van der Waals surface area contributed by atoms with Crippen molar-refractivity contribution in [1.82, 2.24) is 9.97 Å². The van der Waals surface area contributed by atoms with Crippen LogP contribution in [0.1, 0.15) is 27.0 Å². The van der Waals surface area contributed by atoms with Gasteiger partial charge in [0.25, 0.3) is 5.91 Å². The number of aryl methyl sites for hydroxylation is 1. The van der Waals surface area contributed by atoms with Crippen molar-refractivity contribution < 1.29 is 14.7 Å². The predicted molar refractivity (Wildman–Crippen MR) is 135 cm³/mol. The fourth-order valence-corrected chi connectivity index (χ4v) is 5.44. The van der Waals surface area contributed by atoms with E-state index in [0.717, 1.165) is 10.0 Å². The number of carbonyl (C=O) groups excluding carboxylic acids is 2. The van der Waals surface area contributed by atoms with Gasteiger partial charge in [0.05, 0.1) is 22.2 Å². The van der Waals surface area contributed by atoms with Crippen LogP contribution in [0.4, 0.5) is 5.69 Å². The van der Waals surface area contributed by atoms with Crippen LogP contribution in [0.5, 0.6) is 0 Å². The number of nitrogens with zero attached hydrogens (tertiary/aromatic N) is 3. The van der Waals surface area contributed by atoms with Gasteiger partial charge in [-0.3, -0.25) is 19.5 Å². The second kappa shape index (κ2) is 8.96. The quantitative estimate of drug-likeness (QED) is 0.316. The molecule has 1 atom stereocenters. The summed E-state index contributed by atoms with van der Waals surface area (Å²) >= 11 is 4.69. The zero-order chi connectivity index (χ0) is 23.8. The summed E-state index contributed by atoms with van der Waals surface area (Å²) in [4.78, 5) is 37.6. The van der Waals surface area contributed by atoms with Crippen LogP contribution in [0.2, 0.25) is 0 Å². The number of carbonyl (C=O) groups is 2. The zero-order valence-corrected chi connectivity index (χ0v) is 20.4. The molecule has 0 saturated carbocycles. The van der Waals surface area contributed by atoms with E-state index in [1.807, 2.05) is 36.4 Å². The molecular weight excluding hydrogens is 514 g/mol. The molecule has 6 nitrogen and oxygen atoms in total. The van der Waals surface area contributed by atoms with Crippen LogP contribution in [0.15, 0.2) is 94.9 Å². The van der Waals surface area contributed by atoms with Gasteiger partial charge in [-0.05, 0) is 42.8 Å². The number of aromatic nitrogens is 2. The van der Waals surface area contributed by atoms with E-state index < -0.39 is 23.5 Å². The van der Waals surface area contributed by atoms with Crippen LogP contribution in [0, 0.1) is 6.92 Å². The third-order valence-electron chi connectivity index (χ3n) is 5.58. The zero-order valence-electron chi connectivity index (χ0n) is 18.0. The number of anilines is 1. The van der Waals surface area contributed by atoms with E-state index in [1.165, 1.54) is 16.2 Å². The first kappa shape index (κ1) is 22.2. The Labute approximate surface area is 208 Å². The van der Waals surface area contributed by atoms with Crippen LogP contribution in [-0.4, -0.2) is 26.8 Å².